The first-order chi connectivity index (χ1) is 25.8. The number of hydrogen-bond acceptors (Lipinski definition) is 8. The number of anilines is 1. The number of aryl methyl sites for hydroxylation is 1. The van der Waals surface area contributed by atoms with Crippen LogP contribution >= 0.6 is 0 Å². The summed E-state index contributed by atoms with van der Waals surface area (Å²) in [7, 11) is 3.89. The Kier molecular flexibility index (Phi) is 12.7. The van der Waals surface area contributed by atoms with Crippen LogP contribution in [-0.4, -0.2) is 89.7 Å². The van der Waals surface area contributed by atoms with E-state index < -0.39 is 29.3 Å². The molecule has 54 heavy (non-hydrogen) atoms. The van der Waals surface area contributed by atoms with Crippen LogP contribution in [0.2, 0.25) is 0 Å². The second-order valence-electron chi connectivity index (χ2n) is 15.7. The van der Waals surface area contributed by atoms with Crippen LogP contribution in [0, 0.1) is 18.8 Å². The Balaban J connectivity index is 1.08. The number of nitrogens with one attached hydrogen (secondary N) is 2. The topological polar surface area (TPSA) is 120 Å². The number of carboxylic acids is 1. The van der Waals surface area contributed by atoms with Gasteiger partial charge >= 0.3 is 12.1 Å². The van der Waals surface area contributed by atoms with Gasteiger partial charge in [-0.05, 0) is 152 Å². The summed E-state index contributed by atoms with van der Waals surface area (Å²) in [6.07, 6.45) is 5.61. The SMILES string of the molecule is COc1cc2nc(C)nc(N[C@H](C)c3cc(C(=O)O)cc(C(F)(F)F)c3)c2cc1C1CCC(C(=O)N2CCC(CCCN(C)C3CCNCC3)CC2)CC1. The van der Waals surface area contributed by atoms with Crippen molar-refractivity contribution in [3.8, 4) is 5.75 Å². The summed E-state index contributed by atoms with van der Waals surface area (Å²) in [6.45, 7) is 8.48. The van der Waals surface area contributed by atoms with Gasteiger partial charge in [0.05, 0.1) is 29.8 Å². The molecule has 10 nitrogen and oxygen atoms in total. The van der Waals surface area contributed by atoms with Gasteiger partial charge in [-0.2, -0.15) is 13.2 Å². The van der Waals surface area contributed by atoms with Crippen LogP contribution in [0.5, 0.6) is 5.75 Å². The van der Waals surface area contributed by atoms with Crippen molar-refractivity contribution < 1.29 is 32.6 Å². The molecule has 1 aromatic heterocycles. The predicted octanol–water partition coefficient (Wildman–Crippen LogP) is 7.81. The fourth-order valence-electron chi connectivity index (χ4n) is 8.78. The number of benzene rings is 2. The van der Waals surface area contributed by atoms with Crippen LogP contribution in [-0.2, 0) is 11.0 Å². The highest BCUT2D eigenvalue weighted by Crippen LogP contribution is 2.43. The second kappa shape index (κ2) is 17.2. The molecule has 1 amide bonds. The Bertz CT molecular complexity index is 1780. The summed E-state index contributed by atoms with van der Waals surface area (Å²) in [5.74, 6) is 1.29. The van der Waals surface area contributed by atoms with E-state index in [1.54, 1.807) is 21.0 Å². The third-order valence-corrected chi connectivity index (χ3v) is 12.0. The van der Waals surface area contributed by atoms with E-state index in [4.69, 9.17) is 4.74 Å². The minimum absolute atomic E-state index is 0.00935. The zero-order valence-corrected chi connectivity index (χ0v) is 32.0. The maximum Gasteiger partial charge on any atom is 0.416 e. The average Bonchev–Trinajstić information content (AvgIpc) is 3.17. The van der Waals surface area contributed by atoms with Gasteiger partial charge in [0.15, 0.2) is 0 Å². The monoisotopic (exact) mass is 752 g/mol. The number of fused-ring (bicyclic) bond motifs is 1. The number of likely N-dealkylation sites (tertiary alicyclic amines) is 1. The number of alkyl halides is 3. The van der Waals surface area contributed by atoms with E-state index in [1.807, 2.05) is 12.1 Å². The minimum Gasteiger partial charge on any atom is -0.496 e. The third kappa shape index (κ3) is 9.45. The molecule has 0 spiro atoms. The molecule has 6 rings (SSSR count). The number of carboxylic acid groups (broad SMARTS) is 1. The van der Waals surface area contributed by atoms with E-state index in [-0.39, 0.29) is 23.3 Å². The van der Waals surface area contributed by atoms with E-state index in [0.717, 1.165) is 82.9 Å². The quantitative estimate of drug-likeness (QED) is 0.170. The number of carbonyl (C=O) groups is 2. The normalized spacial score (nSPS) is 21.0. The average molecular weight is 753 g/mol. The van der Waals surface area contributed by atoms with Crippen LogP contribution in [0.1, 0.15) is 116 Å². The molecule has 13 heteroatoms. The summed E-state index contributed by atoms with van der Waals surface area (Å²) in [4.78, 5) is 39.2. The van der Waals surface area contributed by atoms with Crippen molar-refractivity contribution in [3.05, 3.63) is 58.4 Å². The number of carbonyl (C=O) groups excluding carboxylic acids is 1. The summed E-state index contributed by atoms with van der Waals surface area (Å²) in [5, 5.41) is 16.9. The van der Waals surface area contributed by atoms with E-state index in [9.17, 15) is 27.9 Å². The summed E-state index contributed by atoms with van der Waals surface area (Å²) >= 11 is 0. The Labute approximate surface area is 316 Å². The van der Waals surface area contributed by atoms with Gasteiger partial charge in [0.1, 0.15) is 17.4 Å². The summed E-state index contributed by atoms with van der Waals surface area (Å²) in [6, 6.07) is 6.72. The molecule has 3 fully saturated rings. The molecule has 294 valence electrons. The van der Waals surface area contributed by atoms with Gasteiger partial charge in [-0.3, -0.25) is 4.79 Å². The third-order valence-electron chi connectivity index (χ3n) is 12.0. The summed E-state index contributed by atoms with van der Waals surface area (Å²) in [5.41, 5.74) is 0.308. The molecule has 2 aromatic carbocycles. The molecule has 3 heterocycles. The number of piperidine rings is 2. The van der Waals surface area contributed by atoms with Gasteiger partial charge in [0.2, 0.25) is 5.91 Å². The number of aromatic carboxylic acids is 1. The molecule has 2 saturated heterocycles. The maximum atomic E-state index is 13.7. The smallest absolute Gasteiger partial charge is 0.416 e. The van der Waals surface area contributed by atoms with Crippen LogP contribution in [0.4, 0.5) is 19.0 Å². The lowest BCUT2D eigenvalue weighted by Gasteiger charge is -2.37. The Morgan fingerprint density at radius 3 is 2.37 bits per heavy atom. The minimum atomic E-state index is -4.70. The van der Waals surface area contributed by atoms with E-state index in [2.05, 4.69) is 37.4 Å². The van der Waals surface area contributed by atoms with Crippen molar-refractivity contribution in [1.82, 2.24) is 25.1 Å². The van der Waals surface area contributed by atoms with Crippen LogP contribution in [0.25, 0.3) is 10.9 Å². The van der Waals surface area contributed by atoms with E-state index in [1.165, 1.54) is 31.7 Å². The van der Waals surface area contributed by atoms with Crippen molar-refractivity contribution in [2.75, 3.05) is 52.2 Å². The zero-order chi connectivity index (χ0) is 38.6. The number of hydrogen-bond donors (Lipinski definition) is 3. The molecule has 1 atom stereocenters. The number of halogens is 3. The van der Waals surface area contributed by atoms with Crippen molar-refractivity contribution in [3.63, 3.8) is 0 Å². The van der Waals surface area contributed by atoms with Gasteiger partial charge in [-0.1, -0.05) is 0 Å². The van der Waals surface area contributed by atoms with Crippen LogP contribution < -0.4 is 15.4 Å². The largest absolute Gasteiger partial charge is 0.496 e. The fourth-order valence-corrected chi connectivity index (χ4v) is 8.78. The Morgan fingerprint density at radius 2 is 1.72 bits per heavy atom. The lowest BCUT2D eigenvalue weighted by molar-refractivity contribution is -0.138. The molecule has 3 aliphatic rings. The molecule has 3 N–H and O–H groups in total. The van der Waals surface area contributed by atoms with E-state index >= 15 is 0 Å². The highest BCUT2D eigenvalue weighted by molar-refractivity contribution is 5.91. The number of aromatic nitrogens is 2. The van der Waals surface area contributed by atoms with Gasteiger partial charge in [0, 0.05) is 36.5 Å². The highest BCUT2D eigenvalue weighted by Gasteiger charge is 2.34. The maximum absolute atomic E-state index is 13.7. The zero-order valence-electron chi connectivity index (χ0n) is 32.0. The molecule has 1 aliphatic carbocycles. The molecular formula is C41H55F3N6O4. The Morgan fingerprint density at radius 1 is 1.02 bits per heavy atom. The predicted molar refractivity (Wildman–Crippen MR) is 203 cm³/mol. The fraction of sp³-hybridized carbons (Fsp3) is 0.610. The van der Waals surface area contributed by atoms with Crippen molar-refractivity contribution in [1.29, 1.82) is 0 Å². The molecule has 0 radical (unpaired) electrons. The van der Waals surface area contributed by atoms with Gasteiger partial charge in [-0.25, -0.2) is 14.8 Å². The second-order valence-corrected chi connectivity index (χ2v) is 15.7. The number of methoxy groups -OCH3 is 1. The van der Waals surface area contributed by atoms with Gasteiger partial charge in [-0.15, -0.1) is 0 Å². The number of amides is 1. The van der Waals surface area contributed by atoms with Crippen LogP contribution in [0.15, 0.2) is 30.3 Å². The van der Waals surface area contributed by atoms with Gasteiger partial charge < -0.3 is 30.3 Å². The molecule has 0 bridgehead atoms. The van der Waals surface area contributed by atoms with E-state index in [0.29, 0.717) is 46.3 Å². The molecule has 1 saturated carbocycles. The molecular weight excluding hydrogens is 697 g/mol. The molecule has 2 aliphatic heterocycles. The summed E-state index contributed by atoms with van der Waals surface area (Å²) < 4.78 is 46.8. The lowest BCUT2D eigenvalue weighted by Crippen LogP contribution is -2.43. The lowest BCUT2D eigenvalue weighted by atomic mass is 9.77. The first-order valence-corrected chi connectivity index (χ1v) is 19.6. The highest BCUT2D eigenvalue weighted by atomic mass is 19.4. The standard InChI is InChI=1S/C41H55F3N6O4/c1-25(30-20-31(40(52)53)22-32(21-30)41(42,43)44)46-38-35-23-34(37(54-4)24-36(35)47-26(2)48-38)28-7-9-29(10-8-28)39(51)50-18-13-27(14-19-50)6-5-17-49(3)33-11-15-45-16-12-33/h20-25,27-29,33,45H,5-19H2,1-4H3,(H,52,53)(H,46,47,48)/t25-,28?,29?/m1/s1. The van der Waals surface area contributed by atoms with Crippen LogP contribution in [0.3, 0.4) is 0 Å². The number of ether oxygens (including phenoxy) is 1. The Hall–Kier alpha value is -3.97. The number of nitrogens with zero attached hydrogens (tertiary/aromatic N) is 4. The molecule has 3 aromatic rings. The van der Waals surface area contributed by atoms with Gasteiger partial charge in [0.25, 0.3) is 0 Å². The van der Waals surface area contributed by atoms with Crippen molar-refractivity contribution >= 4 is 28.6 Å². The van der Waals surface area contributed by atoms with Crippen molar-refractivity contribution in [2.24, 2.45) is 11.8 Å². The first-order valence-electron chi connectivity index (χ1n) is 19.6. The first kappa shape index (κ1) is 39.7. The van der Waals surface area contributed by atoms with Crippen molar-refractivity contribution in [2.45, 2.75) is 102 Å². The molecule has 0 unspecified atom stereocenters. The number of rotatable bonds is 12.